The molecule has 1 aliphatic rings. The number of nitrogens with two attached hydrogens (primary N) is 1. The fourth-order valence-electron chi connectivity index (χ4n) is 2.77. The molecule has 1 unspecified atom stereocenters. The molecule has 120 valence electrons. The fraction of sp³-hybridized carbons (Fsp3) is 0.733. The van der Waals surface area contributed by atoms with Crippen LogP contribution in [0.3, 0.4) is 0 Å². The molecular weight excluding hydrogens is 288 g/mol. The van der Waals surface area contributed by atoms with Gasteiger partial charge in [0.2, 0.25) is 5.91 Å². The van der Waals surface area contributed by atoms with Gasteiger partial charge in [0, 0.05) is 31.5 Å². The average Bonchev–Trinajstić information content (AvgIpc) is 2.79. The third-order valence-electron chi connectivity index (χ3n) is 4.02. The van der Waals surface area contributed by atoms with E-state index in [1.54, 1.807) is 4.68 Å². The van der Waals surface area contributed by atoms with Crippen molar-refractivity contribution in [1.82, 2.24) is 9.78 Å². The highest BCUT2D eigenvalue weighted by Crippen LogP contribution is 2.32. The van der Waals surface area contributed by atoms with E-state index in [2.05, 4.69) is 10.4 Å². The lowest BCUT2D eigenvalue weighted by molar-refractivity contribution is -0.116. The van der Waals surface area contributed by atoms with E-state index in [4.69, 9.17) is 5.73 Å². The molecular formula is C15H27ClN4O. The summed E-state index contributed by atoms with van der Waals surface area (Å²) in [6.45, 7) is 1.92. The van der Waals surface area contributed by atoms with Crippen molar-refractivity contribution in [3.8, 4) is 0 Å². The monoisotopic (exact) mass is 314 g/mol. The van der Waals surface area contributed by atoms with Gasteiger partial charge in [-0.25, -0.2) is 0 Å². The molecule has 0 spiro atoms. The Kier molecular flexibility index (Phi) is 7.18. The molecule has 2 rings (SSSR count). The van der Waals surface area contributed by atoms with E-state index in [1.807, 2.05) is 20.0 Å². The van der Waals surface area contributed by atoms with Gasteiger partial charge in [-0.15, -0.1) is 12.4 Å². The number of hydrogen-bond acceptors (Lipinski definition) is 3. The molecule has 21 heavy (non-hydrogen) atoms. The zero-order valence-electron chi connectivity index (χ0n) is 13.0. The van der Waals surface area contributed by atoms with Crippen molar-refractivity contribution in [1.29, 1.82) is 0 Å². The molecule has 6 heteroatoms. The van der Waals surface area contributed by atoms with Crippen LogP contribution < -0.4 is 11.1 Å². The summed E-state index contributed by atoms with van der Waals surface area (Å²) in [6, 6.07) is 2.09. The summed E-state index contributed by atoms with van der Waals surface area (Å²) in [6.07, 6.45) is 7.52. The maximum Gasteiger partial charge on any atom is 0.225 e. The Morgan fingerprint density at radius 1 is 1.48 bits per heavy atom. The number of anilines is 1. The van der Waals surface area contributed by atoms with E-state index in [9.17, 15) is 4.79 Å². The number of aryl methyl sites for hydroxylation is 1. The molecule has 0 aliphatic heterocycles. The number of halogens is 1. The first-order chi connectivity index (χ1) is 9.56. The molecule has 1 aromatic heterocycles. The molecule has 5 nitrogen and oxygen atoms in total. The summed E-state index contributed by atoms with van der Waals surface area (Å²) in [4.78, 5) is 11.8. The second-order valence-corrected chi connectivity index (χ2v) is 5.98. The SMILES string of the molecule is CC(N)CCC(=O)Nc1cc(C2CCCCC2)nn1C.Cl. The lowest BCUT2D eigenvalue weighted by Crippen LogP contribution is -2.20. The van der Waals surface area contributed by atoms with E-state index in [1.165, 1.54) is 32.1 Å². The van der Waals surface area contributed by atoms with Crippen molar-refractivity contribution < 1.29 is 4.79 Å². The highest BCUT2D eigenvalue weighted by atomic mass is 35.5. The fourth-order valence-corrected chi connectivity index (χ4v) is 2.77. The highest BCUT2D eigenvalue weighted by molar-refractivity contribution is 5.89. The van der Waals surface area contributed by atoms with Crippen molar-refractivity contribution in [2.45, 2.75) is 63.8 Å². The van der Waals surface area contributed by atoms with Crippen LogP contribution in [0.15, 0.2) is 6.07 Å². The number of carbonyl (C=O) groups excluding carboxylic acids is 1. The molecule has 1 atom stereocenters. The van der Waals surface area contributed by atoms with Crippen LogP contribution in [-0.2, 0) is 11.8 Å². The maximum atomic E-state index is 11.8. The predicted octanol–water partition coefficient (Wildman–Crippen LogP) is 2.96. The lowest BCUT2D eigenvalue weighted by Gasteiger charge is -2.19. The van der Waals surface area contributed by atoms with Gasteiger partial charge in [0.05, 0.1) is 5.69 Å². The average molecular weight is 315 g/mol. The van der Waals surface area contributed by atoms with Crippen molar-refractivity contribution in [2.75, 3.05) is 5.32 Å². The van der Waals surface area contributed by atoms with Crippen LogP contribution in [-0.4, -0.2) is 21.7 Å². The normalized spacial score (nSPS) is 17.1. The largest absolute Gasteiger partial charge is 0.328 e. The summed E-state index contributed by atoms with van der Waals surface area (Å²) >= 11 is 0. The minimum Gasteiger partial charge on any atom is -0.328 e. The summed E-state index contributed by atoms with van der Waals surface area (Å²) in [5.41, 5.74) is 6.79. The zero-order chi connectivity index (χ0) is 14.5. The first-order valence-electron chi connectivity index (χ1n) is 7.65. The van der Waals surface area contributed by atoms with Gasteiger partial charge < -0.3 is 11.1 Å². The maximum absolute atomic E-state index is 11.8. The number of nitrogens with zero attached hydrogens (tertiary/aromatic N) is 2. The molecule has 0 saturated heterocycles. The van der Waals surface area contributed by atoms with Crippen LogP contribution in [0.1, 0.15) is 63.5 Å². The van der Waals surface area contributed by atoms with E-state index in [-0.39, 0.29) is 24.4 Å². The van der Waals surface area contributed by atoms with Crippen LogP contribution in [0.5, 0.6) is 0 Å². The smallest absolute Gasteiger partial charge is 0.225 e. The van der Waals surface area contributed by atoms with Gasteiger partial charge in [-0.2, -0.15) is 5.10 Å². The first kappa shape index (κ1) is 18.0. The number of rotatable bonds is 5. The van der Waals surface area contributed by atoms with Gasteiger partial charge in [0.15, 0.2) is 0 Å². The molecule has 1 fully saturated rings. The molecule has 0 bridgehead atoms. The van der Waals surface area contributed by atoms with Gasteiger partial charge in [-0.1, -0.05) is 19.3 Å². The van der Waals surface area contributed by atoms with Crippen LogP contribution in [0.25, 0.3) is 0 Å². The number of hydrogen-bond donors (Lipinski definition) is 2. The van der Waals surface area contributed by atoms with Gasteiger partial charge in [0.1, 0.15) is 5.82 Å². The zero-order valence-corrected chi connectivity index (χ0v) is 13.8. The second-order valence-electron chi connectivity index (χ2n) is 5.98. The van der Waals surface area contributed by atoms with E-state index in [0.29, 0.717) is 18.8 Å². The molecule has 1 aliphatic carbocycles. The van der Waals surface area contributed by atoms with Gasteiger partial charge in [-0.05, 0) is 26.2 Å². The second kappa shape index (κ2) is 8.39. The van der Waals surface area contributed by atoms with E-state index < -0.39 is 0 Å². The summed E-state index contributed by atoms with van der Waals surface area (Å²) < 4.78 is 1.77. The van der Waals surface area contributed by atoms with Crippen LogP contribution in [0.2, 0.25) is 0 Å². The summed E-state index contributed by atoms with van der Waals surface area (Å²) in [5.74, 6) is 1.37. The Morgan fingerprint density at radius 3 is 2.76 bits per heavy atom. The number of nitrogens with one attached hydrogen (secondary N) is 1. The standard InChI is InChI=1S/C15H26N4O.ClH/c1-11(16)8-9-15(20)17-14-10-13(18-19(14)2)12-6-4-3-5-7-12;/h10-12H,3-9,16H2,1-2H3,(H,17,20);1H. The Balaban J connectivity index is 0.00000220. The molecule has 3 N–H and O–H groups in total. The van der Waals surface area contributed by atoms with Crippen LogP contribution in [0.4, 0.5) is 5.82 Å². The quantitative estimate of drug-likeness (QED) is 0.877. The van der Waals surface area contributed by atoms with Crippen LogP contribution in [0, 0.1) is 0 Å². The number of aromatic nitrogens is 2. The Hall–Kier alpha value is -1.07. The molecule has 1 amide bonds. The van der Waals surface area contributed by atoms with Crippen molar-refractivity contribution in [2.24, 2.45) is 12.8 Å². The van der Waals surface area contributed by atoms with Crippen molar-refractivity contribution in [3.63, 3.8) is 0 Å². The number of carbonyl (C=O) groups is 1. The molecule has 1 aromatic rings. The molecule has 1 heterocycles. The molecule has 0 radical (unpaired) electrons. The van der Waals surface area contributed by atoms with Gasteiger partial charge >= 0.3 is 0 Å². The predicted molar refractivity (Wildman–Crippen MR) is 87.8 cm³/mol. The first-order valence-corrected chi connectivity index (χ1v) is 7.65. The molecule has 1 saturated carbocycles. The lowest BCUT2D eigenvalue weighted by atomic mass is 9.87. The number of amides is 1. The van der Waals surface area contributed by atoms with Gasteiger partial charge in [0.25, 0.3) is 0 Å². The third-order valence-corrected chi connectivity index (χ3v) is 4.02. The summed E-state index contributed by atoms with van der Waals surface area (Å²) in [7, 11) is 1.88. The highest BCUT2D eigenvalue weighted by Gasteiger charge is 2.19. The summed E-state index contributed by atoms with van der Waals surface area (Å²) in [5, 5.41) is 7.49. The van der Waals surface area contributed by atoms with E-state index >= 15 is 0 Å². The van der Waals surface area contributed by atoms with Crippen LogP contribution >= 0.6 is 12.4 Å². The topological polar surface area (TPSA) is 72.9 Å². The minimum absolute atomic E-state index is 0. The third kappa shape index (κ3) is 5.32. The Bertz CT molecular complexity index is 453. The Morgan fingerprint density at radius 2 is 2.14 bits per heavy atom. The van der Waals surface area contributed by atoms with Crippen molar-refractivity contribution >= 4 is 24.1 Å². The van der Waals surface area contributed by atoms with Gasteiger partial charge in [-0.3, -0.25) is 9.48 Å². The Labute approximate surface area is 133 Å². The molecule has 0 aromatic carbocycles. The van der Waals surface area contributed by atoms with E-state index in [0.717, 1.165) is 11.5 Å². The van der Waals surface area contributed by atoms with Crippen molar-refractivity contribution in [3.05, 3.63) is 11.8 Å². The minimum atomic E-state index is 0.